The molecule has 0 saturated carbocycles. The van der Waals surface area contributed by atoms with E-state index in [1.807, 2.05) is 13.8 Å². The van der Waals surface area contributed by atoms with E-state index in [0.717, 1.165) is 5.57 Å². The van der Waals surface area contributed by atoms with Gasteiger partial charge in [-0.05, 0) is 38.5 Å². The second kappa shape index (κ2) is 7.56. The van der Waals surface area contributed by atoms with E-state index in [-0.39, 0.29) is 46.1 Å². The van der Waals surface area contributed by atoms with Crippen LogP contribution in [0, 0.1) is 0 Å². The highest BCUT2D eigenvalue weighted by atomic mass is 16.5. The molecule has 8 heteroatoms. The molecule has 0 aromatic heterocycles. The van der Waals surface area contributed by atoms with Crippen LogP contribution in [0.3, 0.4) is 0 Å². The van der Waals surface area contributed by atoms with Crippen LogP contribution in [0.15, 0.2) is 29.8 Å². The summed E-state index contributed by atoms with van der Waals surface area (Å²) in [4.78, 5) is 12.9. The second-order valence-electron chi connectivity index (χ2n) is 6.99. The van der Waals surface area contributed by atoms with Gasteiger partial charge in [-0.15, -0.1) is 0 Å². The van der Waals surface area contributed by atoms with Gasteiger partial charge in [0.1, 0.15) is 22.8 Å². The van der Waals surface area contributed by atoms with Crippen LogP contribution in [0.1, 0.15) is 41.4 Å². The number of phenolic OH excluding ortho intramolecular Hbond substituents is 4. The zero-order valence-electron chi connectivity index (χ0n) is 16.1. The summed E-state index contributed by atoms with van der Waals surface area (Å²) < 4.78 is 10.9. The van der Waals surface area contributed by atoms with Gasteiger partial charge in [0.25, 0.3) is 0 Å². The largest absolute Gasteiger partial charge is 0.508 e. The SMILES string of the molecule is COc1c(O)c(CC=C(C)C)c2c(c1O)C(=O)C(O)C(c1cc(O)ccc1O)O2. The fourth-order valence-corrected chi connectivity index (χ4v) is 3.26. The Bertz CT molecular complexity index is 1000. The van der Waals surface area contributed by atoms with Crippen molar-refractivity contribution >= 4 is 5.78 Å². The third-order valence-corrected chi connectivity index (χ3v) is 4.74. The van der Waals surface area contributed by atoms with E-state index in [1.165, 1.54) is 25.3 Å². The summed E-state index contributed by atoms with van der Waals surface area (Å²) >= 11 is 0. The van der Waals surface area contributed by atoms with Crippen molar-refractivity contribution in [1.29, 1.82) is 0 Å². The van der Waals surface area contributed by atoms with Crippen molar-refractivity contribution in [1.82, 2.24) is 0 Å². The average molecular weight is 402 g/mol. The third kappa shape index (κ3) is 3.42. The summed E-state index contributed by atoms with van der Waals surface area (Å²) in [7, 11) is 1.23. The van der Waals surface area contributed by atoms with Gasteiger partial charge in [-0.3, -0.25) is 4.79 Å². The van der Waals surface area contributed by atoms with Crippen LogP contribution in [0.5, 0.6) is 34.5 Å². The zero-order chi connectivity index (χ0) is 21.5. The smallest absolute Gasteiger partial charge is 0.204 e. The van der Waals surface area contributed by atoms with E-state index >= 15 is 0 Å². The van der Waals surface area contributed by atoms with Crippen molar-refractivity contribution in [3.63, 3.8) is 0 Å². The molecule has 0 bridgehead atoms. The highest BCUT2D eigenvalue weighted by Gasteiger charge is 2.43. The molecule has 8 nitrogen and oxygen atoms in total. The Morgan fingerprint density at radius 3 is 2.48 bits per heavy atom. The van der Waals surface area contributed by atoms with E-state index < -0.39 is 29.5 Å². The van der Waals surface area contributed by atoms with Gasteiger partial charge in [-0.25, -0.2) is 0 Å². The molecule has 2 aromatic carbocycles. The zero-order valence-corrected chi connectivity index (χ0v) is 16.1. The van der Waals surface area contributed by atoms with E-state index in [9.17, 15) is 30.3 Å². The van der Waals surface area contributed by atoms with Crippen LogP contribution in [0.2, 0.25) is 0 Å². The lowest BCUT2D eigenvalue weighted by atomic mass is 9.89. The van der Waals surface area contributed by atoms with E-state index in [0.29, 0.717) is 0 Å². The molecule has 0 saturated heterocycles. The number of ether oxygens (including phenoxy) is 2. The molecular weight excluding hydrogens is 380 g/mol. The number of aliphatic hydroxyl groups excluding tert-OH is 1. The Labute approximate surface area is 166 Å². The average Bonchev–Trinajstić information content (AvgIpc) is 2.66. The number of hydrogen-bond acceptors (Lipinski definition) is 8. The van der Waals surface area contributed by atoms with Crippen molar-refractivity contribution in [2.24, 2.45) is 0 Å². The quantitative estimate of drug-likeness (QED) is 0.389. The maximum atomic E-state index is 12.9. The molecule has 0 amide bonds. The normalized spacial score (nSPS) is 18.0. The minimum Gasteiger partial charge on any atom is -0.508 e. The van der Waals surface area contributed by atoms with Crippen LogP contribution in [-0.2, 0) is 6.42 Å². The van der Waals surface area contributed by atoms with Crippen molar-refractivity contribution in [2.75, 3.05) is 7.11 Å². The number of carbonyl (C=O) groups excluding carboxylic acids is 1. The molecule has 0 fully saturated rings. The number of hydrogen-bond donors (Lipinski definition) is 5. The summed E-state index contributed by atoms with van der Waals surface area (Å²) in [5.74, 6) is -2.83. The molecular formula is C21H22O8. The van der Waals surface area contributed by atoms with Crippen molar-refractivity contribution < 1.29 is 39.8 Å². The van der Waals surface area contributed by atoms with Crippen LogP contribution in [-0.4, -0.2) is 44.5 Å². The molecule has 2 atom stereocenters. The number of methoxy groups -OCH3 is 1. The number of Topliss-reactive ketones (excluding diaryl/α,β-unsaturated/α-hetero) is 1. The van der Waals surface area contributed by atoms with Crippen LogP contribution >= 0.6 is 0 Å². The number of fused-ring (bicyclic) bond motifs is 1. The first-order valence-electron chi connectivity index (χ1n) is 8.86. The number of carbonyl (C=O) groups is 1. The first-order valence-corrected chi connectivity index (χ1v) is 8.86. The Morgan fingerprint density at radius 1 is 1.17 bits per heavy atom. The maximum Gasteiger partial charge on any atom is 0.204 e. The summed E-state index contributed by atoms with van der Waals surface area (Å²) in [5.41, 5.74) is 0.787. The number of aromatic hydroxyl groups is 4. The van der Waals surface area contributed by atoms with Gasteiger partial charge in [0.15, 0.2) is 23.7 Å². The fraction of sp³-hybridized carbons (Fsp3) is 0.286. The molecule has 2 aromatic rings. The molecule has 0 aliphatic carbocycles. The van der Waals surface area contributed by atoms with Gasteiger partial charge in [-0.2, -0.15) is 0 Å². The van der Waals surface area contributed by atoms with E-state index in [4.69, 9.17) is 9.47 Å². The fourth-order valence-electron chi connectivity index (χ4n) is 3.26. The van der Waals surface area contributed by atoms with Gasteiger partial charge in [0, 0.05) is 11.1 Å². The van der Waals surface area contributed by atoms with Gasteiger partial charge >= 0.3 is 0 Å². The van der Waals surface area contributed by atoms with Crippen LogP contribution in [0.25, 0.3) is 0 Å². The van der Waals surface area contributed by atoms with Gasteiger partial charge in [-0.1, -0.05) is 11.6 Å². The molecule has 1 aliphatic rings. The molecule has 2 unspecified atom stereocenters. The highest BCUT2D eigenvalue weighted by molar-refractivity contribution is 6.07. The molecule has 154 valence electrons. The van der Waals surface area contributed by atoms with Crippen molar-refractivity contribution in [2.45, 2.75) is 32.5 Å². The topological polar surface area (TPSA) is 137 Å². The van der Waals surface area contributed by atoms with Gasteiger partial charge in [0.2, 0.25) is 11.5 Å². The molecule has 1 heterocycles. The minimum atomic E-state index is -1.77. The number of allylic oxidation sites excluding steroid dienone is 2. The number of rotatable bonds is 4. The molecule has 0 spiro atoms. The first-order chi connectivity index (χ1) is 13.7. The summed E-state index contributed by atoms with van der Waals surface area (Å²) in [6, 6.07) is 3.61. The molecule has 3 rings (SSSR count). The third-order valence-electron chi connectivity index (χ3n) is 4.74. The summed E-state index contributed by atoms with van der Waals surface area (Å²) in [6.07, 6.45) is -1.19. The Morgan fingerprint density at radius 2 is 1.86 bits per heavy atom. The van der Waals surface area contributed by atoms with Crippen LogP contribution in [0.4, 0.5) is 0 Å². The van der Waals surface area contributed by atoms with Gasteiger partial charge in [0.05, 0.1) is 7.11 Å². The Balaban J connectivity index is 2.25. The standard InChI is InChI=1S/C21H22O8/c1-9(2)4-6-11-15(24)21(28-3)17(26)14-16(25)18(27)20(29-19(11)14)12-8-10(22)5-7-13(12)23/h4-5,7-8,18,20,22-24,26-27H,6H2,1-3H3. The van der Waals surface area contributed by atoms with E-state index in [2.05, 4.69) is 0 Å². The molecule has 29 heavy (non-hydrogen) atoms. The molecule has 0 radical (unpaired) electrons. The van der Waals surface area contributed by atoms with Crippen LogP contribution < -0.4 is 9.47 Å². The lowest BCUT2D eigenvalue weighted by Gasteiger charge is -2.32. The van der Waals surface area contributed by atoms with Crippen molar-refractivity contribution in [3.05, 3.63) is 46.5 Å². The summed E-state index contributed by atoms with van der Waals surface area (Å²) in [6.45, 7) is 3.70. The minimum absolute atomic E-state index is 0.0144. The van der Waals surface area contributed by atoms with Crippen molar-refractivity contribution in [3.8, 4) is 34.5 Å². The number of ketones is 1. The predicted molar refractivity (Wildman–Crippen MR) is 103 cm³/mol. The lowest BCUT2D eigenvalue weighted by molar-refractivity contribution is 0.0196. The predicted octanol–water partition coefficient (Wildman–Crippen LogP) is 2.70. The van der Waals surface area contributed by atoms with E-state index in [1.54, 1.807) is 6.08 Å². The number of aliphatic hydroxyl groups is 1. The van der Waals surface area contributed by atoms with Gasteiger partial charge < -0.3 is 35.0 Å². The maximum absolute atomic E-state index is 12.9. The second-order valence-corrected chi connectivity index (χ2v) is 6.99. The first kappa shape index (κ1) is 20.3. The molecule has 1 aliphatic heterocycles. The Kier molecular flexibility index (Phi) is 5.30. The number of benzene rings is 2. The monoisotopic (exact) mass is 402 g/mol. The lowest BCUT2D eigenvalue weighted by Crippen LogP contribution is -2.36. The highest BCUT2D eigenvalue weighted by Crippen LogP contribution is 2.52. The Hall–Kier alpha value is -3.39. The summed E-state index contributed by atoms with van der Waals surface area (Å²) in [5, 5.41) is 51.4. The molecule has 5 N–H and O–H groups in total. The number of phenols is 4.